The minimum absolute atomic E-state index is 0.00571. The fraction of sp³-hybridized carbons (Fsp3) is 0.583. The Morgan fingerprint density at radius 3 is 1.37 bits per heavy atom. The molecule has 16 N–H and O–H groups in total. The van der Waals surface area contributed by atoms with Gasteiger partial charge in [0.1, 0.15) is 84.5 Å². The van der Waals surface area contributed by atoms with Crippen molar-refractivity contribution in [1.29, 1.82) is 0 Å². The van der Waals surface area contributed by atoms with Gasteiger partial charge in [-0.05, 0) is 101 Å². The van der Waals surface area contributed by atoms with E-state index in [-0.39, 0.29) is 67.8 Å². The molecule has 2 aliphatic rings. The summed E-state index contributed by atoms with van der Waals surface area (Å²) < 4.78 is 21.8. The van der Waals surface area contributed by atoms with Gasteiger partial charge in [-0.3, -0.25) is 38.4 Å². The number of amides is 7. The Bertz CT molecular complexity index is 2260. The molecule has 0 saturated carbocycles. The monoisotopic (exact) mass is 1080 g/mol. The summed E-state index contributed by atoms with van der Waals surface area (Å²) in [5, 5.41) is 106. The third kappa shape index (κ3) is 18.6. The Morgan fingerprint density at radius 2 is 0.961 bits per heavy atom. The molecular formula is C48H69N7O21. The quantitative estimate of drug-likeness (QED) is 0.0354. The lowest BCUT2D eigenvalue weighted by Gasteiger charge is -2.39. The summed E-state index contributed by atoms with van der Waals surface area (Å²) in [6.45, 7) is 2.05. The maximum Gasteiger partial charge on any atom is 0.325 e. The number of carbonyl (C=O) groups excluding carboxylic acids is 7. The van der Waals surface area contributed by atoms with Gasteiger partial charge in [0.25, 0.3) is 11.8 Å². The Morgan fingerprint density at radius 1 is 0.526 bits per heavy atom. The molecule has 2 aromatic rings. The zero-order valence-electron chi connectivity index (χ0n) is 41.9. The number of hydrogen-bond donors (Lipinski definition) is 16. The lowest BCUT2D eigenvalue weighted by atomic mass is 9.99. The van der Waals surface area contributed by atoms with E-state index < -0.39 is 153 Å². The molecule has 14 atom stereocenters. The second-order valence-electron chi connectivity index (χ2n) is 18.1. The van der Waals surface area contributed by atoms with Crippen molar-refractivity contribution in [3.05, 3.63) is 59.7 Å². The number of benzene rings is 2. The van der Waals surface area contributed by atoms with Crippen molar-refractivity contribution in [1.82, 2.24) is 37.2 Å². The number of nitrogens with one attached hydrogen (secondary N) is 7. The van der Waals surface area contributed by atoms with Gasteiger partial charge in [0.15, 0.2) is 0 Å². The number of aliphatic hydroxyl groups excluding tert-OH is 8. The van der Waals surface area contributed by atoms with Gasteiger partial charge in [0.05, 0.1) is 19.8 Å². The predicted octanol–water partition coefficient (Wildman–Crippen LogP) is -5.26. The molecule has 7 amide bonds. The van der Waals surface area contributed by atoms with E-state index in [1.54, 1.807) is 0 Å². The van der Waals surface area contributed by atoms with E-state index in [1.807, 2.05) is 0 Å². The van der Waals surface area contributed by atoms with E-state index in [9.17, 15) is 84.3 Å². The zero-order chi connectivity index (χ0) is 56.2. The molecule has 28 heteroatoms. The molecule has 2 fully saturated rings. The molecule has 0 aromatic heterocycles. The maximum atomic E-state index is 13.5. The van der Waals surface area contributed by atoms with Crippen LogP contribution in [0, 0.1) is 0 Å². The minimum Gasteiger partial charge on any atom is -0.480 e. The smallest absolute Gasteiger partial charge is 0.325 e. The van der Waals surface area contributed by atoms with Gasteiger partial charge in [0.2, 0.25) is 42.1 Å². The largest absolute Gasteiger partial charge is 0.480 e. The van der Waals surface area contributed by atoms with Crippen LogP contribution in [0.15, 0.2) is 48.5 Å². The van der Waals surface area contributed by atoms with Gasteiger partial charge in [-0.25, -0.2) is 0 Å². The summed E-state index contributed by atoms with van der Waals surface area (Å²) in [7, 11) is 0. The summed E-state index contributed by atoms with van der Waals surface area (Å²) >= 11 is 0. The summed E-state index contributed by atoms with van der Waals surface area (Å²) in [5.41, 5.74) is 0.418. The molecule has 0 aliphatic carbocycles. The number of carbonyl (C=O) groups is 8. The first-order valence-electron chi connectivity index (χ1n) is 24.4. The van der Waals surface area contributed by atoms with Crippen LogP contribution in [-0.4, -0.2) is 212 Å². The first-order valence-corrected chi connectivity index (χ1v) is 24.4. The highest BCUT2D eigenvalue weighted by Crippen LogP contribution is 2.26. The Balaban J connectivity index is 1.26. The van der Waals surface area contributed by atoms with Crippen molar-refractivity contribution < 1.29 is 103 Å². The van der Waals surface area contributed by atoms with E-state index in [1.165, 1.54) is 69.3 Å². The third-order valence-corrected chi connectivity index (χ3v) is 12.1. The molecule has 0 unspecified atom stereocenters. The number of carboxylic acid groups (broad SMARTS) is 1. The first kappa shape index (κ1) is 61.9. The van der Waals surface area contributed by atoms with Crippen molar-refractivity contribution in [3.63, 3.8) is 0 Å². The summed E-state index contributed by atoms with van der Waals surface area (Å²) in [4.78, 5) is 102. The molecule has 2 saturated heterocycles. The Hall–Kier alpha value is -6.60. The van der Waals surface area contributed by atoms with Crippen LogP contribution in [0.3, 0.4) is 0 Å². The van der Waals surface area contributed by atoms with Gasteiger partial charge in [-0.15, -0.1) is 0 Å². The van der Waals surface area contributed by atoms with Crippen molar-refractivity contribution in [2.24, 2.45) is 0 Å². The number of hydrogen-bond acceptors (Lipinski definition) is 20. The van der Waals surface area contributed by atoms with Gasteiger partial charge in [-0.1, -0.05) is 0 Å². The van der Waals surface area contributed by atoms with Gasteiger partial charge >= 0.3 is 5.97 Å². The van der Waals surface area contributed by atoms with Crippen LogP contribution in [0.5, 0.6) is 11.5 Å². The minimum atomic E-state index is -1.65. The molecule has 2 aliphatic heterocycles. The van der Waals surface area contributed by atoms with Crippen LogP contribution in [0.4, 0.5) is 0 Å². The third-order valence-electron chi connectivity index (χ3n) is 12.1. The highest BCUT2D eigenvalue weighted by atomic mass is 16.7. The molecule has 422 valence electrons. The van der Waals surface area contributed by atoms with Gasteiger partial charge in [-0.2, -0.15) is 0 Å². The molecule has 28 nitrogen and oxygen atoms in total. The zero-order valence-corrected chi connectivity index (χ0v) is 41.9. The predicted molar refractivity (Wildman–Crippen MR) is 259 cm³/mol. The lowest BCUT2D eigenvalue weighted by molar-refractivity contribution is -0.277. The van der Waals surface area contributed by atoms with Crippen LogP contribution in [-0.2, 0) is 38.2 Å². The Kier molecular flexibility index (Phi) is 24.6. The molecular weight excluding hydrogens is 1010 g/mol. The van der Waals surface area contributed by atoms with Crippen molar-refractivity contribution in [3.8, 4) is 11.5 Å². The normalized spacial score (nSPS) is 24.7. The molecule has 4 rings (SSSR count). The average Bonchev–Trinajstić information content (AvgIpc) is 3.39. The molecule has 2 heterocycles. The standard InChI is InChI=1S/C48H69N7O21/c1-23(52-25(3)58)41(66)55-30(8-4-6-18-49-42(67)26-10-14-28(15-11-26)73-47-39(64)37(62)35(60)32(21-56)75-47)44(69)51-20-34(59)54-31(45(70)53-24(2)46(71)72)9-5-7-19-50-43(68)27-12-16-29(17-13-27)74-48-40(65)38(63)36(61)33(22-57)76-48/h10-17,23-24,30-33,35-40,47-48,56-57,60-65H,4-9,18-22H2,1-3H3,(H,49,67)(H,50,68)(H,51,69)(H,52,58)(H,53,70)(H,54,59)(H,55,66)(H,71,72)/t23-,24-,30-,31-,32+,33+,35+,36+,37-,38-,39-,40-,47-,48-/m0/s1. The van der Waals surface area contributed by atoms with E-state index in [0.717, 1.165) is 0 Å². The summed E-state index contributed by atoms with van der Waals surface area (Å²) in [5.74, 6) is -5.78. The fourth-order valence-electron chi connectivity index (χ4n) is 7.64. The second kappa shape index (κ2) is 30.2. The molecule has 0 radical (unpaired) electrons. The first-order chi connectivity index (χ1) is 36.0. The number of unbranched alkanes of at least 4 members (excludes halogenated alkanes) is 2. The van der Waals surface area contributed by atoms with Gasteiger partial charge < -0.3 is 102 Å². The number of aliphatic hydroxyl groups is 8. The van der Waals surface area contributed by atoms with Crippen molar-refractivity contribution in [2.75, 3.05) is 32.8 Å². The lowest BCUT2D eigenvalue weighted by Crippen LogP contribution is -2.60. The molecule has 0 bridgehead atoms. The van der Waals surface area contributed by atoms with Crippen LogP contribution >= 0.6 is 0 Å². The van der Waals surface area contributed by atoms with Crippen LogP contribution in [0.1, 0.15) is 80.0 Å². The second-order valence-corrected chi connectivity index (χ2v) is 18.1. The average molecular weight is 1080 g/mol. The highest BCUT2D eigenvalue weighted by molar-refractivity contribution is 5.96. The van der Waals surface area contributed by atoms with Crippen molar-refractivity contribution >= 4 is 47.3 Å². The van der Waals surface area contributed by atoms with Crippen LogP contribution in [0.2, 0.25) is 0 Å². The van der Waals surface area contributed by atoms with Gasteiger partial charge in [0, 0.05) is 31.1 Å². The summed E-state index contributed by atoms with van der Waals surface area (Å²) in [6, 6.07) is 6.30. The number of rotatable bonds is 28. The molecule has 76 heavy (non-hydrogen) atoms. The number of carboxylic acids is 1. The topological polar surface area (TPSA) is 440 Å². The maximum absolute atomic E-state index is 13.5. The number of ether oxygens (including phenoxy) is 4. The molecule has 0 spiro atoms. The molecule has 2 aromatic carbocycles. The van der Waals surface area contributed by atoms with E-state index >= 15 is 0 Å². The highest BCUT2D eigenvalue weighted by Gasteiger charge is 2.46. The van der Waals surface area contributed by atoms with Crippen molar-refractivity contribution in [2.45, 2.75) is 145 Å². The van der Waals surface area contributed by atoms with E-state index in [0.29, 0.717) is 6.42 Å². The summed E-state index contributed by atoms with van der Waals surface area (Å²) in [6.07, 6.45) is -13.9. The number of aliphatic carboxylic acids is 1. The van der Waals surface area contributed by atoms with E-state index in [4.69, 9.17) is 18.9 Å². The SMILES string of the molecule is CC(=O)N[C@@H](C)C(=O)N[C@@H](CCCCNC(=O)c1ccc(O[C@H]2O[C@H](CO)[C@@H](O)[C@H](O)[C@@H]2O)cc1)C(=O)NCC(=O)N[C@@H](CCCCNC(=O)c1ccc(O[C@H]2O[C@H](CO)[C@@H](O)[C@H](O)[C@@H]2O)cc1)C(=O)N[C@@H](C)C(=O)O. The van der Waals surface area contributed by atoms with Crippen LogP contribution in [0.25, 0.3) is 0 Å². The Labute approximate surface area is 435 Å². The van der Waals surface area contributed by atoms with Crippen LogP contribution < -0.4 is 46.7 Å². The van der Waals surface area contributed by atoms with E-state index in [2.05, 4.69) is 37.2 Å². The fourth-order valence-corrected chi connectivity index (χ4v) is 7.64.